The minimum absolute atomic E-state index is 0.0754. The molecule has 4 rings (SSSR count). The van der Waals surface area contributed by atoms with E-state index < -0.39 is 15.9 Å². The number of ether oxygens (including phenoxy) is 1. The lowest BCUT2D eigenvalue weighted by molar-refractivity contribution is -0.120. The van der Waals surface area contributed by atoms with E-state index in [9.17, 15) is 18.5 Å². The number of nitriles is 1. The third-order valence-electron chi connectivity index (χ3n) is 6.18. The van der Waals surface area contributed by atoms with Gasteiger partial charge in [-0.05, 0) is 61.6 Å². The van der Waals surface area contributed by atoms with Gasteiger partial charge in [0.2, 0.25) is 15.9 Å². The Morgan fingerprint density at radius 1 is 1.25 bits per heavy atom. The largest absolute Gasteiger partial charge is 0.495 e. The average molecular weight is 474 g/mol. The van der Waals surface area contributed by atoms with Crippen molar-refractivity contribution in [1.82, 2.24) is 4.31 Å². The molecule has 0 bridgehead atoms. The number of nitrogens with zero attached hydrogens (tertiary/aromatic N) is 2. The first-order valence-corrected chi connectivity index (χ1v) is 12.3. The number of amides is 1. The molecule has 2 aromatic rings. The molecule has 0 aromatic heterocycles. The fourth-order valence-electron chi connectivity index (χ4n) is 4.04. The van der Waals surface area contributed by atoms with Gasteiger partial charge in [0.25, 0.3) is 0 Å². The first kappa shape index (κ1) is 22.6. The van der Waals surface area contributed by atoms with Crippen LogP contribution in [0.15, 0.2) is 47.4 Å². The molecule has 1 atom stereocenters. The molecule has 1 heterocycles. The molecule has 0 spiro atoms. The zero-order valence-electron chi connectivity index (χ0n) is 17.7. The molecule has 32 heavy (non-hydrogen) atoms. The van der Waals surface area contributed by atoms with Crippen LogP contribution >= 0.6 is 11.6 Å². The molecule has 2 fully saturated rings. The highest BCUT2D eigenvalue weighted by Gasteiger charge is 2.44. The highest BCUT2D eigenvalue weighted by atomic mass is 35.5. The van der Waals surface area contributed by atoms with E-state index in [-0.39, 0.29) is 27.8 Å². The van der Waals surface area contributed by atoms with E-state index in [1.165, 1.54) is 29.6 Å². The van der Waals surface area contributed by atoms with Crippen LogP contribution in [0.25, 0.3) is 0 Å². The van der Waals surface area contributed by atoms with Crippen molar-refractivity contribution in [2.75, 3.05) is 25.5 Å². The molecule has 7 nitrogen and oxygen atoms in total. The molecule has 1 N–H and O–H groups in total. The Bertz CT molecular complexity index is 1170. The number of nitrogens with one attached hydrogen (secondary N) is 1. The molecule has 1 aliphatic carbocycles. The van der Waals surface area contributed by atoms with Crippen molar-refractivity contribution in [3.8, 4) is 11.8 Å². The number of hydrogen-bond acceptors (Lipinski definition) is 5. The second kappa shape index (κ2) is 8.74. The van der Waals surface area contributed by atoms with Crippen LogP contribution in [0, 0.1) is 17.2 Å². The van der Waals surface area contributed by atoms with Crippen LogP contribution in [-0.4, -0.2) is 38.8 Å². The lowest BCUT2D eigenvalue weighted by Crippen LogP contribution is -2.43. The van der Waals surface area contributed by atoms with Crippen LogP contribution in [0.4, 0.5) is 5.69 Å². The van der Waals surface area contributed by atoms with Gasteiger partial charge in [-0.25, -0.2) is 8.42 Å². The van der Waals surface area contributed by atoms with Crippen molar-refractivity contribution in [2.45, 2.75) is 36.0 Å². The summed E-state index contributed by atoms with van der Waals surface area (Å²) < 4.78 is 32.6. The third-order valence-corrected chi connectivity index (χ3v) is 8.34. The highest BCUT2D eigenvalue weighted by molar-refractivity contribution is 7.89. The maximum absolute atomic E-state index is 13.1. The molecular formula is C23H24ClN3O4S. The number of halogens is 1. The monoisotopic (exact) mass is 473 g/mol. The zero-order valence-corrected chi connectivity index (χ0v) is 19.2. The fourth-order valence-corrected chi connectivity index (χ4v) is 5.91. The van der Waals surface area contributed by atoms with Crippen LogP contribution in [0.3, 0.4) is 0 Å². The lowest BCUT2D eigenvalue weighted by atomic mass is 9.97. The number of benzene rings is 2. The number of methoxy groups -OCH3 is 1. The predicted molar refractivity (Wildman–Crippen MR) is 121 cm³/mol. The molecule has 9 heteroatoms. The van der Waals surface area contributed by atoms with Crippen LogP contribution < -0.4 is 10.1 Å². The topological polar surface area (TPSA) is 99.5 Å². The number of anilines is 1. The summed E-state index contributed by atoms with van der Waals surface area (Å²) in [5.74, 6) is -0.275. The summed E-state index contributed by atoms with van der Waals surface area (Å²) in [5.41, 5.74) is 1.23. The van der Waals surface area contributed by atoms with Crippen molar-refractivity contribution in [1.29, 1.82) is 5.26 Å². The number of hydrogen-bond donors (Lipinski definition) is 1. The minimum Gasteiger partial charge on any atom is -0.495 e. The molecule has 168 valence electrons. The fraction of sp³-hybridized carbons (Fsp3) is 0.391. The van der Waals surface area contributed by atoms with E-state index in [0.29, 0.717) is 30.8 Å². The maximum atomic E-state index is 13.1. The van der Waals surface area contributed by atoms with Gasteiger partial charge in [-0.3, -0.25) is 4.79 Å². The van der Waals surface area contributed by atoms with E-state index >= 15 is 0 Å². The van der Waals surface area contributed by atoms with E-state index in [4.69, 9.17) is 16.3 Å². The molecule has 1 saturated carbocycles. The van der Waals surface area contributed by atoms with Crippen molar-refractivity contribution >= 4 is 33.2 Å². The van der Waals surface area contributed by atoms with Gasteiger partial charge in [0, 0.05) is 18.8 Å². The van der Waals surface area contributed by atoms with Crippen molar-refractivity contribution < 1.29 is 17.9 Å². The van der Waals surface area contributed by atoms with Crippen molar-refractivity contribution in [3.05, 3.63) is 53.1 Å². The molecular weight excluding hydrogens is 450 g/mol. The highest BCUT2D eigenvalue weighted by Crippen LogP contribution is 2.47. The molecule has 1 aliphatic heterocycles. The Morgan fingerprint density at radius 3 is 2.56 bits per heavy atom. The Morgan fingerprint density at radius 2 is 1.97 bits per heavy atom. The second-order valence-corrected chi connectivity index (χ2v) is 10.6. The van der Waals surface area contributed by atoms with Gasteiger partial charge in [0.1, 0.15) is 5.75 Å². The van der Waals surface area contributed by atoms with Gasteiger partial charge in [-0.15, -0.1) is 0 Å². The van der Waals surface area contributed by atoms with Crippen molar-refractivity contribution in [3.63, 3.8) is 0 Å². The first-order chi connectivity index (χ1) is 15.3. The number of carbonyl (C=O) groups is 1. The smallest absolute Gasteiger partial charge is 0.243 e. The molecule has 2 aliphatic rings. The Hall–Kier alpha value is -2.60. The van der Waals surface area contributed by atoms with Crippen LogP contribution in [-0.2, 0) is 20.2 Å². The van der Waals surface area contributed by atoms with Crippen LogP contribution in [0.2, 0.25) is 5.02 Å². The maximum Gasteiger partial charge on any atom is 0.243 e. The van der Waals surface area contributed by atoms with Gasteiger partial charge in [-0.2, -0.15) is 9.57 Å². The summed E-state index contributed by atoms with van der Waals surface area (Å²) >= 11 is 6.11. The number of rotatable bonds is 6. The Kier molecular flexibility index (Phi) is 6.17. The molecule has 1 unspecified atom stereocenters. The van der Waals surface area contributed by atoms with Crippen LogP contribution in [0.5, 0.6) is 5.75 Å². The molecule has 2 aromatic carbocycles. The van der Waals surface area contributed by atoms with Gasteiger partial charge >= 0.3 is 0 Å². The summed E-state index contributed by atoms with van der Waals surface area (Å²) in [6.45, 7) is 0.453. The normalized spacial score (nSPS) is 20.2. The van der Waals surface area contributed by atoms with E-state index in [1.807, 2.05) is 12.1 Å². The van der Waals surface area contributed by atoms with Crippen LogP contribution in [0.1, 0.15) is 31.2 Å². The Labute approximate surface area is 193 Å². The third kappa shape index (κ3) is 4.33. The summed E-state index contributed by atoms with van der Waals surface area (Å²) in [6.07, 6.45) is 2.92. The van der Waals surface area contributed by atoms with E-state index in [1.54, 1.807) is 12.1 Å². The standard InChI is InChI=1S/C23H24ClN3O4S/c1-31-21-9-8-19(13-20(21)24)32(29,30)27-12-2-3-16(14-27)22(28)26-18-6-4-17(5-7-18)23(15-25)10-11-23/h4-9,13,16H,2-3,10-12,14H2,1H3,(H,26,28). The quantitative estimate of drug-likeness (QED) is 0.684. The number of piperidine rings is 1. The van der Waals surface area contributed by atoms with Gasteiger partial charge in [0.05, 0.1) is 34.4 Å². The predicted octanol–water partition coefficient (Wildman–Crippen LogP) is 3.94. The summed E-state index contributed by atoms with van der Waals surface area (Å²) in [6, 6.07) is 14.0. The lowest BCUT2D eigenvalue weighted by Gasteiger charge is -2.31. The second-order valence-electron chi connectivity index (χ2n) is 8.26. The molecule has 1 amide bonds. The first-order valence-electron chi connectivity index (χ1n) is 10.5. The average Bonchev–Trinajstić information content (AvgIpc) is 3.61. The Balaban J connectivity index is 1.43. The molecule has 0 radical (unpaired) electrons. The van der Waals surface area contributed by atoms with Gasteiger partial charge in [-0.1, -0.05) is 23.7 Å². The van der Waals surface area contributed by atoms with E-state index in [0.717, 1.165) is 18.4 Å². The minimum atomic E-state index is -3.78. The number of sulfonamides is 1. The SMILES string of the molecule is COc1ccc(S(=O)(=O)N2CCCC(C(=O)Nc3ccc(C4(C#N)CC4)cc3)C2)cc1Cl. The van der Waals surface area contributed by atoms with Gasteiger partial charge in [0.15, 0.2) is 0 Å². The summed E-state index contributed by atoms with van der Waals surface area (Å²) in [4.78, 5) is 12.9. The van der Waals surface area contributed by atoms with Crippen molar-refractivity contribution in [2.24, 2.45) is 5.92 Å². The van der Waals surface area contributed by atoms with Gasteiger partial charge < -0.3 is 10.1 Å². The number of carbonyl (C=O) groups excluding carboxylic acids is 1. The van der Waals surface area contributed by atoms with E-state index in [2.05, 4.69) is 11.4 Å². The zero-order chi connectivity index (χ0) is 22.9. The summed E-state index contributed by atoms with van der Waals surface area (Å²) in [7, 11) is -2.32. The molecule has 1 saturated heterocycles. The summed E-state index contributed by atoms with van der Waals surface area (Å²) in [5, 5.41) is 12.4.